The van der Waals surface area contributed by atoms with E-state index in [0.29, 0.717) is 45.3 Å². The molecular formula is C23H27N5O2S. The van der Waals surface area contributed by atoms with E-state index in [4.69, 9.17) is 0 Å². The minimum atomic E-state index is -0.321. The zero-order valence-electron chi connectivity index (χ0n) is 17.5. The second-order valence-corrected chi connectivity index (χ2v) is 9.26. The first-order valence-electron chi connectivity index (χ1n) is 10.8. The second-order valence-electron chi connectivity index (χ2n) is 8.02. The van der Waals surface area contributed by atoms with Crippen LogP contribution in [-0.4, -0.2) is 66.1 Å². The summed E-state index contributed by atoms with van der Waals surface area (Å²) in [4.78, 5) is 34.4. The molecule has 1 N–H and O–H groups in total. The molecule has 1 aromatic rings. The molecule has 8 heteroatoms. The van der Waals surface area contributed by atoms with Crippen LogP contribution in [0, 0.1) is 17.2 Å². The third kappa shape index (κ3) is 5.28. The molecule has 0 saturated heterocycles. The number of carbonyl (C=O) groups is 2. The molecule has 2 unspecified atom stereocenters. The Balaban J connectivity index is 1.28. The minimum absolute atomic E-state index is 0.0401. The lowest BCUT2D eigenvalue weighted by atomic mass is 9.94. The highest BCUT2D eigenvalue weighted by atomic mass is 32.2. The summed E-state index contributed by atoms with van der Waals surface area (Å²) in [7, 11) is 0. The molecular weight excluding hydrogens is 410 g/mol. The van der Waals surface area contributed by atoms with Gasteiger partial charge in [0, 0.05) is 37.4 Å². The number of benzene rings is 1. The number of hydrogen-bond acceptors (Lipinski definition) is 6. The second kappa shape index (κ2) is 10.0. The van der Waals surface area contributed by atoms with Crippen LogP contribution in [0.4, 0.5) is 0 Å². The lowest BCUT2D eigenvalue weighted by Crippen LogP contribution is -2.38. The molecule has 4 rings (SSSR count). The summed E-state index contributed by atoms with van der Waals surface area (Å²) in [6.07, 6.45) is 4.07. The maximum Gasteiger partial charge on any atom is 0.224 e. The van der Waals surface area contributed by atoms with E-state index in [2.05, 4.69) is 21.3 Å². The van der Waals surface area contributed by atoms with Gasteiger partial charge in [-0.15, -0.1) is 11.8 Å². The van der Waals surface area contributed by atoms with Crippen LogP contribution in [0.1, 0.15) is 24.8 Å². The number of hydrogen-bond donors (Lipinski definition) is 1. The van der Waals surface area contributed by atoms with E-state index in [1.165, 1.54) is 0 Å². The number of rotatable bonds is 7. The van der Waals surface area contributed by atoms with E-state index in [1.807, 2.05) is 41.6 Å². The zero-order chi connectivity index (χ0) is 21.6. The van der Waals surface area contributed by atoms with Crippen LogP contribution in [0.25, 0.3) is 0 Å². The molecule has 0 aliphatic carbocycles. The largest absolute Gasteiger partial charge is 0.361 e. The summed E-state index contributed by atoms with van der Waals surface area (Å²) >= 11 is 1.54. The number of nitrogens with one attached hydrogen (secondary N) is 1. The van der Waals surface area contributed by atoms with E-state index in [-0.39, 0.29) is 23.1 Å². The molecule has 3 aliphatic rings. The van der Waals surface area contributed by atoms with Crippen LogP contribution in [0.15, 0.2) is 45.8 Å². The molecule has 31 heavy (non-hydrogen) atoms. The molecule has 7 nitrogen and oxygen atoms in total. The van der Waals surface area contributed by atoms with E-state index >= 15 is 0 Å². The van der Waals surface area contributed by atoms with Gasteiger partial charge in [-0.05, 0) is 24.0 Å². The van der Waals surface area contributed by atoms with Crippen molar-refractivity contribution < 1.29 is 9.59 Å². The van der Waals surface area contributed by atoms with Gasteiger partial charge in [-0.25, -0.2) is 0 Å². The number of nitriles is 1. The Hall–Kier alpha value is -2.79. The van der Waals surface area contributed by atoms with E-state index in [1.54, 1.807) is 11.8 Å². The minimum Gasteiger partial charge on any atom is -0.361 e. The van der Waals surface area contributed by atoms with Crippen molar-refractivity contribution in [2.45, 2.75) is 31.1 Å². The van der Waals surface area contributed by atoms with Crippen molar-refractivity contribution in [1.82, 2.24) is 15.1 Å². The van der Waals surface area contributed by atoms with Crippen molar-refractivity contribution in [1.29, 1.82) is 5.26 Å². The van der Waals surface area contributed by atoms with Crippen molar-refractivity contribution in [2.75, 3.05) is 32.7 Å². The summed E-state index contributed by atoms with van der Waals surface area (Å²) < 4.78 is 0. The smallest absolute Gasteiger partial charge is 0.224 e. The van der Waals surface area contributed by atoms with Crippen LogP contribution >= 0.6 is 11.8 Å². The maximum absolute atomic E-state index is 12.7. The van der Waals surface area contributed by atoms with Gasteiger partial charge in [-0.3, -0.25) is 14.6 Å². The summed E-state index contributed by atoms with van der Waals surface area (Å²) in [5.41, 5.74) is 2.22. The molecule has 162 valence electrons. The molecule has 0 spiro atoms. The van der Waals surface area contributed by atoms with Gasteiger partial charge in [-0.1, -0.05) is 30.3 Å². The highest BCUT2D eigenvalue weighted by Crippen LogP contribution is 2.44. The molecule has 1 aromatic carbocycles. The van der Waals surface area contributed by atoms with Gasteiger partial charge in [0.2, 0.25) is 11.8 Å². The lowest BCUT2D eigenvalue weighted by molar-refractivity contribution is -0.131. The van der Waals surface area contributed by atoms with Gasteiger partial charge >= 0.3 is 0 Å². The molecule has 3 heterocycles. The van der Waals surface area contributed by atoms with Gasteiger partial charge < -0.3 is 15.1 Å². The highest BCUT2D eigenvalue weighted by Gasteiger charge is 2.39. The van der Waals surface area contributed by atoms with Crippen LogP contribution in [-0.2, 0) is 16.0 Å². The topological polar surface area (TPSA) is 88.8 Å². The molecule has 0 fully saturated rings. The molecule has 2 atom stereocenters. The van der Waals surface area contributed by atoms with Crippen molar-refractivity contribution in [2.24, 2.45) is 10.9 Å². The normalized spacial score (nSPS) is 22.4. The Bertz CT molecular complexity index is 924. The average Bonchev–Trinajstić information content (AvgIpc) is 3.43. The number of aryl methyl sites for hydroxylation is 1. The Morgan fingerprint density at radius 3 is 2.81 bits per heavy atom. The monoisotopic (exact) mass is 437 g/mol. The van der Waals surface area contributed by atoms with Crippen molar-refractivity contribution >= 4 is 29.9 Å². The SMILES string of the molecule is N#CC1C2=C(CN(C(=O)CCN3C=NCC3)CC2)SC1NC(=O)CCc1ccccc1. The standard InChI is InChI=1S/C23H27N5O2S/c24-14-19-18-8-12-28(22(30)9-11-27-13-10-25-16-27)15-20(18)31-23(19)26-21(29)7-6-17-4-2-1-3-5-17/h1-5,16,19,23H,6-13,15H2,(H,26,29). The fourth-order valence-corrected chi connectivity index (χ4v) is 5.65. The van der Waals surface area contributed by atoms with Crippen LogP contribution in [0.2, 0.25) is 0 Å². The van der Waals surface area contributed by atoms with Crippen molar-refractivity contribution in [3.63, 3.8) is 0 Å². The number of nitrogens with zero attached hydrogens (tertiary/aromatic N) is 4. The number of aliphatic imine (C=N–C) groups is 1. The van der Waals surface area contributed by atoms with Gasteiger partial charge in [0.05, 0.1) is 36.8 Å². The fraction of sp³-hybridized carbons (Fsp3) is 0.478. The van der Waals surface area contributed by atoms with Crippen LogP contribution < -0.4 is 5.32 Å². The van der Waals surface area contributed by atoms with E-state index < -0.39 is 0 Å². The third-order valence-electron chi connectivity index (χ3n) is 5.94. The first-order valence-corrected chi connectivity index (χ1v) is 11.7. The lowest BCUT2D eigenvalue weighted by Gasteiger charge is -2.29. The quantitative estimate of drug-likeness (QED) is 0.706. The molecule has 0 saturated carbocycles. The Morgan fingerprint density at radius 1 is 1.23 bits per heavy atom. The summed E-state index contributed by atoms with van der Waals surface area (Å²) in [5.74, 6) is -0.225. The molecule has 0 radical (unpaired) electrons. The van der Waals surface area contributed by atoms with E-state index in [9.17, 15) is 14.9 Å². The molecule has 0 bridgehead atoms. The predicted molar refractivity (Wildman–Crippen MR) is 121 cm³/mol. The first-order chi connectivity index (χ1) is 15.1. The molecule has 0 aromatic heterocycles. The molecule has 3 aliphatic heterocycles. The van der Waals surface area contributed by atoms with Crippen molar-refractivity contribution in [3.05, 3.63) is 46.4 Å². The number of thioether (sulfide) groups is 1. The zero-order valence-corrected chi connectivity index (χ0v) is 18.3. The summed E-state index contributed by atoms with van der Waals surface area (Å²) in [6.45, 7) is 3.56. The van der Waals surface area contributed by atoms with Gasteiger partial charge in [0.15, 0.2) is 0 Å². The third-order valence-corrected chi connectivity index (χ3v) is 7.26. The van der Waals surface area contributed by atoms with Gasteiger partial charge in [-0.2, -0.15) is 5.26 Å². The molecule has 2 amide bonds. The number of amides is 2. The van der Waals surface area contributed by atoms with Gasteiger partial charge in [0.25, 0.3) is 0 Å². The highest BCUT2D eigenvalue weighted by molar-refractivity contribution is 8.04. The average molecular weight is 438 g/mol. The fourth-order valence-electron chi connectivity index (χ4n) is 4.18. The maximum atomic E-state index is 12.7. The van der Waals surface area contributed by atoms with E-state index in [0.717, 1.165) is 29.1 Å². The van der Waals surface area contributed by atoms with Crippen molar-refractivity contribution in [3.8, 4) is 6.07 Å². The summed E-state index contributed by atoms with van der Waals surface area (Å²) in [5, 5.41) is 12.5. The van der Waals surface area contributed by atoms with Gasteiger partial charge in [0.1, 0.15) is 0 Å². The first kappa shape index (κ1) is 21.4. The Kier molecular flexibility index (Phi) is 6.92. The van der Waals surface area contributed by atoms with Crippen LogP contribution in [0.5, 0.6) is 0 Å². The van der Waals surface area contributed by atoms with Crippen LogP contribution in [0.3, 0.4) is 0 Å². The predicted octanol–water partition coefficient (Wildman–Crippen LogP) is 2.17. The number of carbonyl (C=O) groups excluding carboxylic acids is 2. The Labute approximate surface area is 187 Å². The summed E-state index contributed by atoms with van der Waals surface area (Å²) in [6, 6.07) is 12.3. The Morgan fingerprint density at radius 2 is 2.06 bits per heavy atom.